The number of ether oxygens (including phenoxy) is 1. The maximum atomic E-state index is 13.1. The predicted octanol–water partition coefficient (Wildman–Crippen LogP) is 2.03. The van der Waals surface area contributed by atoms with Gasteiger partial charge in [-0.05, 0) is 48.0 Å². The number of nitrogens with one attached hydrogen (secondary N) is 2. The molecule has 3 amide bonds. The molecule has 0 aliphatic rings. The van der Waals surface area contributed by atoms with Crippen LogP contribution in [0.4, 0.5) is 14.9 Å². The number of halogens is 1. The van der Waals surface area contributed by atoms with Crippen molar-refractivity contribution in [1.29, 1.82) is 0 Å². The van der Waals surface area contributed by atoms with E-state index in [-0.39, 0.29) is 12.3 Å². The highest BCUT2D eigenvalue weighted by Gasteiger charge is 2.09. The summed E-state index contributed by atoms with van der Waals surface area (Å²) in [7, 11) is 0. The quantitative estimate of drug-likeness (QED) is 0.634. The summed E-state index contributed by atoms with van der Waals surface area (Å²) in [5, 5.41) is 15.8. The number of hydrogen-bond donors (Lipinski definition) is 2. The summed E-state index contributed by atoms with van der Waals surface area (Å²) in [4.78, 5) is 23.5. The van der Waals surface area contributed by atoms with Crippen molar-refractivity contribution in [3.05, 3.63) is 72.6 Å². The molecule has 1 heterocycles. The van der Waals surface area contributed by atoms with Crippen LogP contribution in [0.25, 0.3) is 0 Å². The highest BCUT2D eigenvalue weighted by atomic mass is 19.1. The lowest BCUT2D eigenvalue weighted by atomic mass is 10.2. The minimum atomic E-state index is -0.778. The van der Waals surface area contributed by atoms with Gasteiger partial charge in [0.1, 0.15) is 24.2 Å². The smallest absolute Gasteiger partial charge is 0.325 e. The Morgan fingerprint density at radius 3 is 2.61 bits per heavy atom. The molecule has 2 N–H and O–H groups in total. The molecule has 142 valence electrons. The number of aromatic nitrogens is 3. The zero-order chi connectivity index (χ0) is 19.8. The molecule has 0 atom stereocenters. The van der Waals surface area contributed by atoms with Gasteiger partial charge in [-0.2, -0.15) is 5.10 Å². The third-order valence-electron chi connectivity index (χ3n) is 3.33. The summed E-state index contributed by atoms with van der Waals surface area (Å²) in [6, 6.07) is 11.4. The second-order valence-electron chi connectivity index (χ2n) is 5.46. The summed E-state index contributed by atoms with van der Waals surface area (Å²) in [5.74, 6) is -0.697. The molecular formula is C18H15FN6O3. The number of imide groups is 1. The van der Waals surface area contributed by atoms with E-state index in [4.69, 9.17) is 4.74 Å². The number of carbonyl (C=O) groups excluding carboxylic acids is 2. The van der Waals surface area contributed by atoms with E-state index in [1.54, 1.807) is 30.5 Å². The van der Waals surface area contributed by atoms with Crippen LogP contribution in [0, 0.1) is 5.82 Å². The maximum absolute atomic E-state index is 13.1. The first-order valence-corrected chi connectivity index (χ1v) is 8.07. The molecule has 0 spiro atoms. The summed E-state index contributed by atoms with van der Waals surface area (Å²) < 4.78 is 19.8. The average Bonchev–Trinajstić information content (AvgIpc) is 3.19. The lowest BCUT2D eigenvalue weighted by Crippen LogP contribution is -2.37. The topological polar surface area (TPSA) is 110 Å². The van der Waals surface area contributed by atoms with Crippen LogP contribution in [0.1, 0.15) is 5.56 Å². The molecule has 0 saturated heterocycles. The highest BCUT2D eigenvalue weighted by Crippen LogP contribution is 2.11. The minimum absolute atomic E-state index is 0.231. The summed E-state index contributed by atoms with van der Waals surface area (Å²) in [6.07, 6.45) is 4.52. The van der Waals surface area contributed by atoms with Gasteiger partial charge < -0.3 is 10.1 Å². The third kappa shape index (κ3) is 5.73. The lowest BCUT2D eigenvalue weighted by Gasteiger charge is -2.08. The van der Waals surface area contributed by atoms with Crippen LogP contribution in [0.15, 0.2) is 66.3 Å². The molecule has 1 aromatic heterocycles. The Balaban J connectivity index is 1.44. The van der Waals surface area contributed by atoms with Gasteiger partial charge in [0.2, 0.25) is 0 Å². The zero-order valence-corrected chi connectivity index (χ0v) is 14.4. The molecule has 0 saturated carbocycles. The molecule has 0 fully saturated rings. The van der Waals surface area contributed by atoms with E-state index in [9.17, 15) is 14.0 Å². The van der Waals surface area contributed by atoms with Crippen LogP contribution in [-0.4, -0.2) is 39.6 Å². The third-order valence-corrected chi connectivity index (χ3v) is 3.33. The number of benzene rings is 2. The molecule has 2 aromatic carbocycles. The van der Waals surface area contributed by atoms with Gasteiger partial charge in [0.25, 0.3) is 5.91 Å². The van der Waals surface area contributed by atoms with E-state index in [0.29, 0.717) is 5.75 Å². The number of anilines is 1. The Hall–Kier alpha value is -4.08. The van der Waals surface area contributed by atoms with Gasteiger partial charge in [-0.15, -0.1) is 10.2 Å². The van der Waals surface area contributed by atoms with E-state index in [1.807, 2.05) is 0 Å². The van der Waals surface area contributed by atoms with E-state index in [2.05, 4.69) is 25.9 Å². The number of amides is 3. The van der Waals surface area contributed by atoms with Crippen molar-refractivity contribution in [3.63, 3.8) is 0 Å². The van der Waals surface area contributed by atoms with Gasteiger partial charge >= 0.3 is 6.03 Å². The standard InChI is InChI=1S/C18H15FN6O3/c19-14-2-1-3-15(8-14)23-18(27)24-17(26)10-28-16-6-4-13(5-7-16)9-22-25-11-20-21-12-25/h1-9,11-12H,10H2,(H2,23,24,26,27)/b22-9+. The SMILES string of the molecule is O=C(COc1ccc(/C=N/n2cnnc2)cc1)NC(=O)Nc1cccc(F)c1. The van der Waals surface area contributed by atoms with Crippen LogP contribution in [-0.2, 0) is 4.79 Å². The van der Waals surface area contributed by atoms with Crippen molar-refractivity contribution < 1.29 is 18.7 Å². The molecule has 0 radical (unpaired) electrons. The van der Waals surface area contributed by atoms with E-state index in [1.165, 1.54) is 35.5 Å². The number of hydrogen-bond acceptors (Lipinski definition) is 6. The first-order chi connectivity index (χ1) is 13.6. The molecular weight excluding hydrogens is 367 g/mol. The summed E-state index contributed by atoms with van der Waals surface area (Å²) in [6.45, 7) is -0.356. The first kappa shape index (κ1) is 18.7. The van der Waals surface area contributed by atoms with Gasteiger partial charge in [-0.3, -0.25) is 10.1 Å². The predicted molar refractivity (Wildman–Crippen MR) is 98.5 cm³/mol. The maximum Gasteiger partial charge on any atom is 0.325 e. The molecule has 9 nitrogen and oxygen atoms in total. The fourth-order valence-electron chi connectivity index (χ4n) is 2.08. The molecule has 0 aliphatic carbocycles. The van der Waals surface area contributed by atoms with Gasteiger partial charge in [0.15, 0.2) is 6.61 Å². The summed E-state index contributed by atoms with van der Waals surface area (Å²) >= 11 is 0. The largest absolute Gasteiger partial charge is 0.484 e. The first-order valence-electron chi connectivity index (χ1n) is 8.07. The molecule has 0 bridgehead atoms. The summed E-state index contributed by atoms with van der Waals surface area (Å²) in [5.41, 5.74) is 1.04. The van der Waals surface area contributed by atoms with Gasteiger partial charge in [-0.25, -0.2) is 13.9 Å². The fraction of sp³-hybridized carbons (Fsp3) is 0.0556. The van der Waals surface area contributed by atoms with Crippen molar-refractivity contribution in [2.24, 2.45) is 5.10 Å². The van der Waals surface area contributed by atoms with Crippen molar-refractivity contribution in [1.82, 2.24) is 20.2 Å². The van der Waals surface area contributed by atoms with Crippen LogP contribution in [0.2, 0.25) is 0 Å². The van der Waals surface area contributed by atoms with Gasteiger partial charge in [0.05, 0.1) is 6.21 Å². The zero-order valence-electron chi connectivity index (χ0n) is 14.4. The molecule has 0 aliphatic heterocycles. The van der Waals surface area contributed by atoms with E-state index in [0.717, 1.165) is 11.6 Å². The van der Waals surface area contributed by atoms with Crippen molar-refractivity contribution in [2.45, 2.75) is 0 Å². The fourth-order valence-corrected chi connectivity index (χ4v) is 2.08. The van der Waals surface area contributed by atoms with E-state index < -0.39 is 17.8 Å². The highest BCUT2D eigenvalue weighted by molar-refractivity contribution is 6.01. The Labute approximate surface area is 158 Å². The van der Waals surface area contributed by atoms with E-state index >= 15 is 0 Å². The normalized spacial score (nSPS) is 10.6. The van der Waals surface area contributed by atoms with Crippen LogP contribution in [0.3, 0.4) is 0 Å². The lowest BCUT2D eigenvalue weighted by molar-refractivity contribution is -0.121. The Kier molecular flexibility index (Phi) is 6.03. The average molecular weight is 382 g/mol. The second-order valence-corrected chi connectivity index (χ2v) is 5.46. The van der Waals surface area contributed by atoms with Crippen LogP contribution < -0.4 is 15.4 Å². The molecule has 28 heavy (non-hydrogen) atoms. The monoisotopic (exact) mass is 382 g/mol. The van der Waals surface area contributed by atoms with Gasteiger partial charge in [-0.1, -0.05) is 6.07 Å². The number of carbonyl (C=O) groups is 2. The minimum Gasteiger partial charge on any atom is -0.484 e. The number of nitrogens with zero attached hydrogens (tertiary/aromatic N) is 4. The molecule has 10 heteroatoms. The number of urea groups is 1. The van der Waals surface area contributed by atoms with Crippen molar-refractivity contribution in [3.8, 4) is 5.75 Å². The number of rotatable bonds is 6. The second kappa shape index (κ2) is 9.03. The van der Waals surface area contributed by atoms with Crippen LogP contribution in [0.5, 0.6) is 5.75 Å². The molecule has 3 aromatic rings. The Morgan fingerprint density at radius 2 is 1.89 bits per heavy atom. The Bertz CT molecular complexity index is 973. The molecule has 3 rings (SSSR count). The van der Waals surface area contributed by atoms with Gasteiger partial charge in [0, 0.05) is 5.69 Å². The van der Waals surface area contributed by atoms with Crippen molar-refractivity contribution in [2.75, 3.05) is 11.9 Å². The van der Waals surface area contributed by atoms with Crippen molar-refractivity contribution >= 4 is 23.8 Å². The Morgan fingerprint density at radius 1 is 1.14 bits per heavy atom. The van der Waals surface area contributed by atoms with Crippen LogP contribution >= 0.6 is 0 Å². The molecule has 0 unspecified atom stereocenters.